The fourth-order valence-electron chi connectivity index (χ4n) is 3.68. The number of hydrogen-bond donors (Lipinski definition) is 4. The first kappa shape index (κ1) is 21.8. The average molecular weight is 399 g/mol. The Balaban J connectivity index is 2.73. The van der Waals surface area contributed by atoms with Crippen molar-refractivity contribution in [1.82, 2.24) is 16.0 Å². The predicted molar refractivity (Wildman–Crippen MR) is 93.0 cm³/mol. The zero-order chi connectivity index (χ0) is 21.3. The van der Waals surface area contributed by atoms with Crippen molar-refractivity contribution >= 4 is 17.5 Å². The van der Waals surface area contributed by atoms with Crippen molar-refractivity contribution in [3.63, 3.8) is 0 Å². The van der Waals surface area contributed by atoms with Crippen LogP contribution >= 0.6 is 0 Å². The molecule has 0 radical (unpaired) electrons. The number of imide groups is 1. The monoisotopic (exact) mass is 399 g/mol. The Bertz CT molecular complexity index is 832. The van der Waals surface area contributed by atoms with Gasteiger partial charge in [0.15, 0.2) is 5.66 Å². The molecule has 152 valence electrons. The van der Waals surface area contributed by atoms with E-state index in [0.717, 1.165) is 12.1 Å². The van der Waals surface area contributed by atoms with Crippen molar-refractivity contribution in [3.8, 4) is 6.07 Å². The predicted octanol–water partition coefficient (Wildman–Crippen LogP) is -0.0740. The molecule has 1 aliphatic rings. The highest BCUT2D eigenvalue weighted by atomic mass is 19.4. The summed E-state index contributed by atoms with van der Waals surface area (Å²) in [5.74, 6) is -1.68. The normalized spacial score (nSPS) is 21.9. The van der Waals surface area contributed by atoms with Gasteiger partial charge in [-0.3, -0.25) is 20.2 Å². The number of carbonyl (C=O) groups excluding carboxylic acids is 2. The number of aliphatic hydroxyl groups excluding tert-OH is 1. The summed E-state index contributed by atoms with van der Waals surface area (Å²) in [5.41, 5.74) is -5.58. The molecule has 1 unspecified atom stereocenters. The second kappa shape index (κ2) is 7.48. The van der Waals surface area contributed by atoms with Gasteiger partial charge in [-0.05, 0) is 39.3 Å². The fourth-order valence-corrected chi connectivity index (χ4v) is 3.68. The summed E-state index contributed by atoms with van der Waals surface area (Å²) in [6.45, 7) is -0.458. The molecule has 0 aliphatic carbocycles. The van der Waals surface area contributed by atoms with Crippen LogP contribution in [0.25, 0.3) is 0 Å². The van der Waals surface area contributed by atoms with Crippen LogP contribution in [0.15, 0.2) is 18.2 Å². The third kappa shape index (κ3) is 2.85. The van der Waals surface area contributed by atoms with E-state index in [1.54, 1.807) is 0 Å². The number of benzene rings is 1. The van der Waals surface area contributed by atoms with Crippen molar-refractivity contribution in [2.24, 2.45) is 0 Å². The highest BCUT2D eigenvalue weighted by Gasteiger charge is 2.68. The Morgan fingerprint density at radius 3 is 2.18 bits per heavy atom. The Labute approximate surface area is 159 Å². The summed E-state index contributed by atoms with van der Waals surface area (Å²) in [5, 5.41) is 26.6. The summed E-state index contributed by atoms with van der Waals surface area (Å²) in [6.07, 6.45) is -5.03. The molecule has 0 bridgehead atoms. The SMILES string of the molecule is CNC1(CCO)C(=O)N(c2ccc(C#N)c(C(F)(F)F)c2)C(=O)C1(NC)NC. The molecule has 1 atom stereocenters. The molecule has 0 saturated carbocycles. The third-order valence-electron chi connectivity index (χ3n) is 5.08. The molecule has 1 heterocycles. The molecule has 1 fully saturated rings. The summed E-state index contributed by atoms with van der Waals surface area (Å²) in [4.78, 5) is 27.0. The van der Waals surface area contributed by atoms with E-state index < -0.39 is 46.9 Å². The maximum atomic E-state index is 13.3. The van der Waals surface area contributed by atoms with Crippen molar-refractivity contribution in [2.75, 3.05) is 32.6 Å². The lowest BCUT2D eigenvalue weighted by atomic mass is 9.83. The summed E-state index contributed by atoms with van der Waals surface area (Å²) >= 11 is 0. The van der Waals surface area contributed by atoms with Gasteiger partial charge < -0.3 is 10.4 Å². The number of hydrogen-bond acceptors (Lipinski definition) is 7. The van der Waals surface area contributed by atoms with Crippen LogP contribution in [-0.2, 0) is 15.8 Å². The molecule has 28 heavy (non-hydrogen) atoms. The molecule has 8 nitrogen and oxygen atoms in total. The van der Waals surface area contributed by atoms with Gasteiger partial charge in [-0.2, -0.15) is 18.4 Å². The van der Waals surface area contributed by atoms with E-state index in [9.17, 15) is 27.9 Å². The van der Waals surface area contributed by atoms with Gasteiger partial charge >= 0.3 is 6.18 Å². The van der Waals surface area contributed by atoms with Gasteiger partial charge in [-0.1, -0.05) is 0 Å². The van der Waals surface area contributed by atoms with Crippen LogP contribution in [-0.4, -0.2) is 55.9 Å². The standard InChI is InChI=1S/C17H20F3N5O3/c1-22-15(6-7-26)13(27)25(14(28)16(15,23-2)24-3)11-5-4-10(9-21)12(8-11)17(18,19)20/h4-5,8,22-24,26H,6-7H2,1-3H3. The number of nitriles is 1. The quantitative estimate of drug-likeness (QED) is 0.391. The summed E-state index contributed by atoms with van der Waals surface area (Å²) in [6, 6.07) is 4.05. The van der Waals surface area contributed by atoms with E-state index >= 15 is 0 Å². The highest BCUT2D eigenvalue weighted by molar-refractivity contribution is 6.29. The number of amides is 2. The molecule has 2 rings (SSSR count). The number of anilines is 1. The number of carbonyl (C=O) groups is 2. The van der Waals surface area contributed by atoms with E-state index in [4.69, 9.17) is 5.26 Å². The molecular weight excluding hydrogens is 379 g/mol. The van der Waals surface area contributed by atoms with Crippen LogP contribution in [0.5, 0.6) is 0 Å². The number of nitrogens with one attached hydrogen (secondary N) is 3. The minimum atomic E-state index is -4.85. The lowest BCUT2D eigenvalue weighted by Crippen LogP contribution is -2.76. The second-order valence-electron chi connectivity index (χ2n) is 6.16. The maximum Gasteiger partial charge on any atom is 0.417 e. The molecule has 1 saturated heterocycles. The molecular formula is C17H20F3N5O3. The first-order chi connectivity index (χ1) is 13.1. The topological polar surface area (TPSA) is 117 Å². The van der Waals surface area contributed by atoms with Crippen LogP contribution in [0.2, 0.25) is 0 Å². The molecule has 0 aromatic heterocycles. The van der Waals surface area contributed by atoms with E-state index in [2.05, 4.69) is 16.0 Å². The molecule has 11 heteroatoms. The van der Waals surface area contributed by atoms with Gasteiger partial charge in [0.1, 0.15) is 5.54 Å². The number of nitrogens with zero attached hydrogens (tertiary/aromatic N) is 2. The lowest BCUT2D eigenvalue weighted by molar-refractivity contribution is -0.138. The van der Waals surface area contributed by atoms with Crippen LogP contribution < -0.4 is 20.9 Å². The lowest BCUT2D eigenvalue weighted by Gasteiger charge is -2.40. The Hall–Kier alpha value is -2.52. The van der Waals surface area contributed by atoms with Gasteiger partial charge in [0.25, 0.3) is 11.8 Å². The number of halogens is 3. The number of aliphatic hydroxyl groups is 1. The van der Waals surface area contributed by atoms with Crippen molar-refractivity contribution < 1.29 is 27.9 Å². The fraction of sp³-hybridized carbons (Fsp3) is 0.471. The largest absolute Gasteiger partial charge is 0.417 e. The molecule has 0 spiro atoms. The van der Waals surface area contributed by atoms with Crippen LogP contribution in [0.4, 0.5) is 18.9 Å². The van der Waals surface area contributed by atoms with E-state index in [0.29, 0.717) is 11.0 Å². The molecule has 2 amide bonds. The van der Waals surface area contributed by atoms with Crippen LogP contribution in [0.3, 0.4) is 0 Å². The highest BCUT2D eigenvalue weighted by Crippen LogP contribution is 2.40. The minimum absolute atomic E-state index is 0.186. The van der Waals surface area contributed by atoms with E-state index in [1.165, 1.54) is 27.2 Å². The maximum absolute atomic E-state index is 13.3. The van der Waals surface area contributed by atoms with Gasteiger partial charge in [-0.15, -0.1) is 0 Å². The second-order valence-corrected chi connectivity index (χ2v) is 6.16. The molecule has 1 aromatic rings. The molecule has 1 aliphatic heterocycles. The van der Waals surface area contributed by atoms with E-state index in [-0.39, 0.29) is 12.1 Å². The van der Waals surface area contributed by atoms with Crippen molar-refractivity contribution in [3.05, 3.63) is 29.3 Å². The summed E-state index contributed by atoms with van der Waals surface area (Å²) < 4.78 is 39.9. The average Bonchev–Trinajstić information content (AvgIpc) is 2.85. The van der Waals surface area contributed by atoms with Gasteiger partial charge in [0.2, 0.25) is 0 Å². The smallest absolute Gasteiger partial charge is 0.396 e. The Morgan fingerprint density at radius 2 is 1.75 bits per heavy atom. The molecule has 1 aromatic carbocycles. The van der Waals surface area contributed by atoms with Crippen molar-refractivity contribution in [1.29, 1.82) is 5.26 Å². The third-order valence-corrected chi connectivity index (χ3v) is 5.08. The zero-order valence-corrected chi connectivity index (χ0v) is 15.4. The van der Waals surface area contributed by atoms with Gasteiger partial charge in [0.05, 0.1) is 22.9 Å². The van der Waals surface area contributed by atoms with E-state index in [1.807, 2.05) is 0 Å². The Morgan fingerprint density at radius 1 is 1.14 bits per heavy atom. The first-order valence-corrected chi connectivity index (χ1v) is 8.28. The zero-order valence-electron chi connectivity index (χ0n) is 15.4. The van der Waals surface area contributed by atoms with Crippen LogP contribution in [0, 0.1) is 11.3 Å². The first-order valence-electron chi connectivity index (χ1n) is 8.28. The van der Waals surface area contributed by atoms with Gasteiger partial charge in [-0.25, -0.2) is 4.90 Å². The number of alkyl halides is 3. The summed E-state index contributed by atoms with van der Waals surface area (Å²) in [7, 11) is 4.23. The number of rotatable bonds is 6. The van der Waals surface area contributed by atoms with Gasteiger partial charge in [0, 0.05) is 13.0 Å². The molecule has 4 N–H and O–H groups in total. The minimum Gasteiger partial charge on any atom is -0.396 e. The van der Waals surface area contributed by atoms with Crippen LogP contribution in [0.1, 0.15) is 17.5 Å². The number of likely N-dealkylation sites (N-methyl/N-ethyl adjacent to an activating group) is 3. The van der Waals surface area contributed by atoms with Crippen molar-refractivity contribution in [2.45, 2.75) is 23.8 Å². The Kier molecular flexibility index (Phi) is 5.82.